The molecule has 0 spiro atoms. The number of likely N-dealkylation sites (tertiary alicyclic amines) is 1. The van der Waals surface area contributed by atoms with Crippen LogP contribution >= 0.6 is 23.2 Å². The van der Waals surface area contributed by atoms with E-state index in [-0.39, 0.29) is 17.4 Å². The molecular weight excluding hydrogens is 365 g/mol. The molecule has 25 heavy (non-hydrogen) atoms. The van der Waals surface area contributed by atoms with Crippen LogP contribution in [0.3, 0.4) is 0 Å². The van der Waals surface area contributed by atoms with Crippen molar-refractivity contribution in [2.45, 2.75) is 18.8 Å². The molecule has 132 valence electrons. The van der Waals surface area contributed by atoms with Crippen molar-refractivity contribution in [3.8, 4) is 0 Å². The summed E-state index contributed by atoms with van der Waals surface area (Å²) in [6.45, 7) is 0.987. The summed E-state index contributed by atoms with van der Waals surface area (Å²) in [4.78, 5) is 40.1. The van der Waals surface area contributed by atoms with Gasteiger partial charge in [-0.3, -0.25) is 14.2 Å². The Morgan fingerprint density at radius 3 is 2.36 bits per heavy atom. The number of nitrogens with one attached hydrogen (secondary N) is 1. The largest absolute Gasteiger partial charge is 0.338 e. The number of rotatable bonds is 2. The summed E-state index contributed by atoms with van der Waals surface area (Å²) in [5, 5.41) is 1.26. The van der Waals surface area contributed by atoms with E-state index < -0.39 is 11.2 Å². The van der Waals surface area contributed by atoms with Crippen LogP contribution in [-0.4, -0.2) is 33.4 Å². The molecule has 1 aliphatic rings. The van der Waals surface area contributed by atoms with Gasteiger partial charge in [-0.2, -0.15) is 0 Å². The summed E-state index contributed by atoms with van der Waals surface area (Å²) in [7, 11) is 1.34. The third-order valence-electron chi connectivity index (χ3n) is 4.60. The number of carbonyl (C=O) groups is 1. The van der Waals surface area contributed by atoms with E-state index in [0.717, 1.165) is 10.1 Å². The van der Waals surface area contributed by atoms with Crippen LogP contribution in [-0.2, 0) is 7.05 Å². The Hall–Kier alpha value is -2.05. The van der Waals surface area contributed by atoms with E-state index in [0.29, 0.717) is 36.0 Å². The Morgan fingerprint density at radius 1 is 1.16 bits per heavy atom. The van der Waals surface area contributed by atoms with Gasteiger partial charge in [-0.05, 0) is 36.5 Å². The molecule has 1 aliphatic heterocycles. The molecule has 8 heteroatoms. The molecule has 1 amide bonds. The van der Waals surface area contributed by atoms with Crippen LogP contribution < -0.4 is 11.2 Å². The van der Waals surface area contributed by atoms with E-state index >= 15 is 0 Å². The van der Waals surface area contributed by atoms with Gasteiger partial charge in [-0.1, -0.05) is 29.3 Å². The first-order valence-corrected chi connectivity index (χ1v) is 8.67. The molecule has 0 aliphatic carbocycles. The first kappa shape index (κ1) is 17.8. The number of hydrogen-bond acceptors (Lipinski definition) is 3. The molecule has 0 unspecified atom stereocenters. The molecule has 0 atom stereocenters. The van der Waals surface area contributed by atoms with Crippen LogP contribution in [0.2, 0.25) is 10.0 Å². The highest BCUT2D eigenvalue weighted by Crippen LogP contribution is 2.37. The van der Waals surface area contributed by atoms with Gasteiger partial charge in [0, 0.05) is 36.4 Å². The van der Waals surface area contributed by atoms with Crippen molar-refractivity contribution in [3.63, 3.8) is 0 Å². The maximum atomic E-state index is 12.6. The fourth-order valence-corrected chi connectivity index (χ4v) is 3.87. The Bertz CT molecular complexity index is 907. The number of aromatic nitrogens is 2. The van der Waals surface area contributed by atoms with Gasteiger partial charge in [-0.15, -0.1) is 0 Å². The number of benzene rings is 1. The second-order valence-corrected chi connectivity index (χ2v) is 6.89. The highest BCUT2D eigenvalue weighted by molar-refractivity contribution is 6.36. The number of amides is 1. The third-order valence-corrected chi connectivity index (χ3v) is 5.26. The van der Waals surface area contributed by atoms with E-state index in [2.05, 4.69) is 4.98 Å². The zero-order chi connectivity index (χ0) is 18.1. The molecule has 1 fully saturated rings. The number of hydrogen-bond donors (Lipinski definition) is 1. The van der Waals surface area contributed by atoms with Gasteiger partial charge >= 0.3 is 5.69 Å². The maximum Gasteiger partial charge on any atom is 0.328 e. The van der Waals surface area contributed by atoms with Crippen molar-refractivity contribution in [2.75, 3.05) is 13.1 Å². The molecule has 3 rings (SSSR count). The van der Waals surface area contributed by atoms with Crippen LogP contribution in [0, 0.1) is 0 Å². The molecular formula is C17H17Cl2N3O3. The molecule has 2 heterocycles. The van der Waals surface area contributed by atoms with Crippen molar-refractivity contribution in [3.05, 3.63) is 66.4 Å². The molecule has 0 bridgehead atoms. The van der Waals surface area contributed by atoms with Gasteiger partial charge in [0.2, 0.25) is 0 Å². The molecule has 1 aromatic carbocycles. The van der Waals surface area contributed by atoms with Crippen molar-refractivity contribution in [2.24, 2.45) is 7.05 Å². The number of halogens is 2. The average molecular weight is 382 g/mol. The molecule has 1 aromatic heterocycles. The lowest BCUT2D eigenvalue weighted by atomic mass is 9.89. The number of H-pyrrole nitrogens is 1. The smallest absolute Gasteiger partial charge is 0.328 e. The molecule has 0 saturated carbocycles. The lowest BCUT2D eigenvalue weighted by Gasteiger charge is -2.32. The van der Waals surface area contributed by atoms with Crippen LogP contribution in [0.5, 0.6) is 0 Å². The van der Waals surface area contributed by atoms with Gasteiger partial charge in [0.15, 0.2) is 0 Å². The van der Waals surface area contributed by atoms with E-state index in [1.54, 1.807) is 11.0 Å². The summed E-state index contributed by atoms with van der Waals surface area (Å²) in [5.74, 6) is -0.204. The monoisotopic (exact) mass is 381 g/mol. The Kier molecular flexibility index (Phi) is 5.01. The Morgan fingerprint density at radius 2 is 1.76 bits per heavy atom. The lowest BCUT2D eigenvalue weighted by Crippen LogP contribution is -2.43. The van der Waals surface area contributed by atoms with E-state index in [9.17, 15) is 14.4 Å². The summed E-state index contributed by atoms with van der Waals surface area (Å²) >= 11 is 12.5. The van der Waals surface area contributed by atoms with E-state index in [1.807, 2.05) is 12.1 Å². The first-order valence-electron chi connectivity index (χ1n) is 7.92. The number of carbonyl (C=O) groups excluding carboxylic acids is 1. The van der Waals surface area contributed by atoms with Gasteiger partial charge in [0.05, 0.1) is 0 Å². The minimum Gasteiger partial charge on any atom is -0.338 e. The molecule has 2 aromatic rings. The second kappa shape index (κ2) is 7.06. The second-order valence-electron chi connectivity index (χ2n) is 6.07. The lowest BCUT2D eigenvalue weighted by molar-refractivity contribution is 0.0710. The summed E-state index contributed by atoms with van der Waals surface area (Å²) in [5.41, 5.74) is -0.257. The fraction of sp³-hybridized carbons (Fsp3) is 0.353. The van der Waals surface area contributed by atoms with Gasteiger partial charge < -0.3 is 9.88 Å². The Balaban J connectivity index is 1.77. The van der Waals surface area contributed by atoms with Gasteiger partial charge in [0.25, 0.3) is 11.5 Å². The number of aromatic amines is 1. The average Bonchev–Trinajstić information content (AvgIpc) is 2.60. The quantitative estimate of drug-likeness (QED) is 0.867. The molecule has 6 nitrogen and oxygen atoms in total. The van der Waals surface area contributed by atoms with Gasteiger partial charge in [0.1, 0.15) is 5.56 Å². The van der Waals surface area contributed by atoms with E-state index in [1.165, 1.54) is 13.2 Å². The Labute approximate surface area is 154 Å². The van der Waals surface area contributed by atoms with Crippen molar-refractivity contribution >= 4 is 29.1 Å². The van der Waals surface area contributed by atoms with Gasteiger partial charge in [-0.25, -0.2) is 4.79 Å². The van der Waals surface area contributed by atoms with Crippen LogP contribution in [0.4, 0.5) is 0 Å². The fourth-order valence-electron chi connectivity index (χ4n) is 3.16. The van der Waals surface area contributed by atoms with Crippen LogP contribution in [0.1, 0.15) is 34.7 Å². The zero-order valence-corrected chi connectivity index (χ0v) is 15.1. The van der Waals surface area contributed by atoms with Crippen molar-refractivity contribution in [1.29, 1.82) is 0 Å². The number of piperidine rings is 1. The summed E-state index contributed by atoms with van der Waals surface area (Å²) < 4.78 is 0.892. The predicted octanol–water partition coefficient (Wildman–Crippen LogP) is 2.40. The van der Waals surface area contributed by atoms with Crippen LogP contribution in [0.25, 0.3) is 0 Å². The van der Waals surface area contributed by atoms with Crippen LogP contribution in [0.15, 0.2) is 34.0 Å². The molecule has 0 radical (unpaired) electrons. The van der Waals surface area contributed by atoms with E-state index in [4.69, 9.17) is 23.2 Å². The minimum absolute atomic E-state index is 0.0312. The molecule has 1 saturated heterocycles. The van der Waals surface area contributed by atoms with Crippen molar-refractivity contribution in [1.82, 2.24) is 14.5 Å². The summed E-state index contributed by atoms with van der Waals surface area (Å²) in [6, 6.07) is 5.42. The SMILES string of the molecule is Cn1c(=O)[nH]cc(C(=O)N2CCC(c3c(Cl)cccc3Cl)CC2)c1=O. The first-order chi connectivity index (χ1) is 11.9. The minimum atomic E-state index is -0.593. The molecule has 1 N–H and O–H groups in total. The number of nitrogens with zero attached hydrogens (tertiary/aromatic N) is 2. The topological polar surface area (TPSA) is 75.2 Å². The normalized spacial score (nSPS) is 15.4. The highest BCUT2D eigenvalue weighted by Gasteiger charge is 2.28. The highest BCUT2D eigenvalue weighted by atomic mass is 35.5. The predicted molar refractivity (Wildman–Crippen MR) is 96.6 cm³/mol. The zero-order valence-electron chi connectivity index (χ0n) is 13.6. The standard InChI is InChI=1S/C17H17Cl2N3O3/c1-21-15(23)11(9-20-17(21)25)16(24)22-7-5-10(6-8-22)14-12(18)3-2-4-13(14)19/h2-4,9-10H,5-8H2,1H3,(H,20,25). The third kappa shape index (κ3) is 3.37. The van der Waals surface area contributed by atoms with Crippen molar-refractivity contribution < 1.29 is 4.79 Å². The maximum absolute atomic E-state index is 12.6. The summed E-state index contributed by atoms with van der Waals surface area (Å²) in [6.07, 6.45) is 2.60.